The first kappa shape index (κ1) is 11.9. The number of methoxy groups -OCH3 is 1. The standard InChI is InChI=1S/C14H16O3/c1-14(13(15)16-2)10-17-9-12(14)8-11-6-4-3-5-7-11/h3-8H,9-10H2,1-2H3/b12-8+/t14-/m0/s1. The number of ether oxygens (including phenoxy) is 2. The maximum Gasteiger partial charge on any atom is 0.318 e. The van der Waals surface area contributed by atoms with E-state index in [0.717, 1.165) is 11.1 Å². The molecule has 1 heterocycles. The number of rotatable bonds is 2. The van der Waals surface area contributed by atoms with E-state index < -0.39 is 5.41 Å². The lowest BCUT2D eigenvalue weighted by molar-refractivity contribution is -0.149. The zero-order valence-corrected chi connectivity index (χ0v) is 10.1. The first-order valence-electron chi connectivity index (χ1n) is 5.59. The Morgan fingerprint density at radius 2 is 2.12 bits per heavy atom. The fourth-order valence-electron chi connectivity index (χ4n) is 1.98. The summed E-state index contributed by atoms with van der Waals surface area (Å²) in [6.07, 6.45) is 2.00. The van der Waals surface area contributed by atoms with E-state index in [4.69, 9.17) is 9.47 Å². The molecular weight excluding hydrogens is 216 g/mol. The number of benzene rings is 1. The molecule has 1 aromatic carbocycles. The number of hydrogen-bond acceptors (Lipinski definition) is 3. The molecule has 0 unspecified atom stereocenters. The maximum absolute atomic E-state index is 11.8. The Morgan fingerprint density at radius 1 is 1.41 bits per heavy atom. The van der Waals surface area contributed by atoms with Crippen molar-refractivity contribution in [3.8, 4) is 0 Å². The first-order chi connectivity index (χ1) is 8.16. The van der Waals surface area contributed by atoms with E-state index in [0.29, 0.717) is 13.2 Å². The summed E-state index contributed by atoms with van der Waals surface area (Å²) < 4.78 is 10.2. The van der Waals surface area contributed by atoms with Gasteiger partial charge < -0.3 is 9.47 Å². The van der Waals surface area contributed by atoms with Crippen LogP contribution in [0.15, 0.2) is 35.9 Å². The molecule has 0 bridgehead atoms. The molecule has 0 radical (unpaired) electrons. The van der Waals surface area contributed by atoms with Crippen molar-refractivity contribution in [2.24, 2.45) is 5.41 Å². The Kier molecular flexibility index (Phi) is 3.29. The smallest absolute Gasteiger partial charge is 0.318 e. The summed E-state index contributed by atoms with van der Waals surface area (Å²) in [6.45, 7) is 2.74. The predicted octanol–water partition coefficient (Wildman–Crippen LogP) is 2.28. The normalized spacial score (nSPS) is 26.1. The van der Waals surface area contributed by atoms with Gasteiger partial charge in [-0.05, 0) is 18.1 Å². The van der Waals surface area contributed by atoms with E-state index in [1.165, 1.54) is 7.11 Å². The summed E-state index contributed by atoms with van der Waals surface area (Å²) in [5.74, 6) is -0.239. The SMILES string of the molecule is COC(=O)[C@@]1(C)COC/C1=C\c1ccccc1. The van der Waals surface area contributed by atoms with Gasteiger partial charge >= 0.3 is 5.97 Å². The largest absolute Gasteiger partial charge is 0.468 e. The Bertz CT molecular complexity index is 436. The molecule has 1 atom stereocenters. The second kappa shape index (κ2) is 4.72. The van der Waals surface area contributed by atoms with E-state index in [2.05, 4.69) is 0 Å². The van der Waals surface area contributed by atoms with Crippen LogP contribution in [0.3, 0.4) is 0 Å². The number of carbonyl (C=O) groups excluding carboxylic acids is 1. The van der Waals surface area contributed by atoms with Crippen molar-refractivity contribution in [3.05, 3.63) is 41.5 Å². The molecule has 1 aliphatic heterocycles. The molecule has 0 saturated carbocycles. The summed E-state index contributed by atoms with van der Waals surface area (Å²) in [6, 6.07) is 9.91. The second-order valence-electron chi connectivity index (χ2n) is 4.40. The van der Waals surface area contributed by atoms with Crippen molar-refractivity contribution in [3.63, 3.8) is 0 Å². The lowest BCUT2D eigenvalue weighted by Crippen LogP contribution is -2.31. The van der Waals surface area contributed by atoms with E-state index in [-0.39, 0.29) is 5.97 Å². The topological polar surface area (TPSA) is 35.5 Å². The third-order valence-corrected chi connectivity index (χ3v) is 3.13. The molecule has 0 amide bonds. The number of carbonyl (C=O) groups is 1. The average molecular weight is 232 g/mol. The summed E-state index contributed by atoms with van der Waals surface area (Å²) in [4.78, 5) is 11.8. The Hall–Kier alpha value is -1.61. The molecule has 0 spiro atoms. The van der Waals surface area contributed by atoms with Crippen LogP contribution in [0.1, 0.15) is 12.5 Å². The van der Waals surface area contributed by atoms with Gasteiger partial charge in [0.05, 0.1) is 20.3 Å². The predicted molar refractivity (Wildman–Crippen MR) is 65.4 cm³/mol. The van der Waals surface area contributed by atoms with Gasteiger partial charge in [0.15, 0.2) is 0 Å². The van der Waals surface area contributed by atoms with Gasteiger partial charge in [-0.15, -0.1) is 0 Å². The van der Waals surface area contributed by atoms with Crippen molar-refractivity contribution in [1.82, 2.24) is 0 Å². The molecule has 17 heavy (non-hydrogen) atoms. The van der Waals surface area contributed by atoms with Crippen LogP contribution in [0, 0.1) is 5.41 Å². The molecule has 90 valence electrons. The zero-order valence-electron chi connectivity index (χ0n) is 10.1. The summed E-state index contributed by atoms with van der Waals surface area (Å²) in [5, 5.41) is 0. The highest BCUT2D eigenvalue weighted by Gasteiger charge is 2.42. The molecule has 1 fully saturated rings. The average Bonchev–Trinajstić information content (AvgIpc) is 2.72. The Labute approximate surface area is 101 Å². The van der Waals surface area contributed by atoms with Crippen LogP contribution in [0.5, 0.6) is 0 Å². The van der Waals surface area contributed by atoms with E-state index in [9.17, 15) is 4.79 Å². The van der Waals surface area contributed by atoms with Crippen LogP contribution in [0.25, 0.3) is 6.08 Å². The minimum Gasteiger partial charge on any atom is -0.468 e. The highest BCUT2D eigenvalue weighted by Crippen LogP contribution is 2.35. The minimum absolute atomic E-state index is 0.239. The summed E-state index contributed by atoms with van der Waals surface area (Å²) in [7, 11) is 1.41. The molecule has 3 nitrogen and oxygen atoms in total. The third kappa shape index (κ3) is 2.24. The third-order valence-electron chi connectivity index (χ3n) is 3.13. The fraction of sp³-hybridized carbons (Fsp3) is 0.357. The minimum atomic E-state index is -0.648. The number of hydrogen-bond donors (Lipinski definition) is 0. The van der Waals surface area contributed by atoms with Gasteiger partial charge in [-0.25, -0.2) is 0 Å². The van der Waals surface area contributed by atoms with Crippen molar-refractivity contribution in [1.29, 1.82) is 0 Å². The van der Waals surface area contributed by atoms with Crippen LogP contribution in [0.2, 0.25) is 0 Å². The molecule has 2 rings (SSSR count). The summed E-state index contributed by atoms with van der Waals surface area (Å²) in [5.41, 5.74) is 1.39. The first-order valence-corrected chi connectivity index (χ1v) is 5.59. The molecule has 1 aromatic rings. The molecular formula is C14H16O3. The van der Waals surface area contributed by atoms with Gasteiger partial charge in [-0.1, -0.05) is 36.4 Å². The Morgan fingerprint density at radius 3 is 2.76 bits per heavy atom. The highest BCUT2D eigenvalue weighted by molar-refractivity contribution is 5.83. The summed E-state index contributed by atoms with van der Waals surface area (Å²) >= 11 is 0. The van der Waals surface area contributed by atoms with Crippen LogP contribution >= 0.6 is 0 Å². The quantitative estimate of drug-likeness (QED) is 0.734. The fourth-order valence-corrected chi connectivity index (χ4v) is 1.98. The maximum atomic E-state index is 11.8. The zero-order chi connectivity index (χ0) is 12.3. The molecule has 1 saturated heterocycles. The van der Waals surface area contributed by atoms with Crippen LogP contribution in [-0.4, -0.2) is 26.3 Å². The van der Waals surface area contributed by atoms with Gasteiger partial charge in [0.2, 0.25) is 0 Å². The molecule has 1 aliphatic rings. The highest BCUT2D eigenvalue weighted by atomic mass is 16.5. The number of esters is 1. The Balaban J connectivity index is 2.32. The van der Waals surface area contributed by atoms with Gasteiger partial charge in [0, 0.05) is 0 Å². The van der Waals surface area contributed by atoms with Gasteiger partial charge in [-0.2, -0.15) is 0 Å². The van der Waals surface area contributed by atoms with Crippen molar-refractivity contribution in [2.75, 3.05) is 20.3 Å². The molecule has 0 N–H and O–H groups in total. The van der Waals surface area contributed by atoms with Crippen molar-refractivity contribution in [2.45, 2.75) is 6.92 Å². The second-order valence-corrected chi connectivity index (χ2v) is 4.40. The van der Waals surface area contributed by atoms with Crippen LogP contribution < -0.4 is 0 Å². The van der Waals surface area contributed by atoms with E-state index in [1.807, 2.05) is 43.3 Å². The van der Waals surface area contributed by atoms with Gasteiger partial charge in [-0.3, -0.25) is 4.79 Å². The molecule has 3 heteroatoms. The van der Waals surface area contributed by atoms with Crippen LogP contribution in [0.4, 0.5) is 0 Å². The van der Waals surface area contributed by atoms with Crippen molar-refractivity contribution >= 4 is 12.0 Å². The molecule has 0 aromatic heterocycles. The van der Waals surface area contributed by atoms with Gasteiger partial charge in [0.25, 0.3) is 0 Å². The molecule has 0 aliphatic carbocycles. The van der Waals surface area contributed by atoms with Crippen molar-refractivity contribution < 1.29 is 14.3 Å². The monoisotopic (exact) mass is 232 g/mol. The van der Waals surface area contributed by atoms with E-state index >= 15 is 0 Å². The lowest BCUT2D eigenvalue weighted by Gasteiger charge is -2.20. The lowest BCUT2D eigenvalue weighted by atomic mass is 9.84. The van der Waals surface area contributed by atoms with E-state index in [1.54, 1.807) is 0 Å². The van der Waals surface area contributed by atoms with Gasteiger partial charge in [0.1, 0.15) is 5.41 Å². The van der Waals surface area contributed by atoms with Crippen LogP contribution in [-0.2, 0) is 14.3 Å².